The fraction of sp³-hybridized carbons (Fsp3) is 0.312. The summed E-state index contributed by atoms with van der Waals surface area (Å²) in [6.45, 7) is 2.90. The first kappa shape index (κ1) is 12.8. The first-order valence-electron chi connectivity index (χ1n) is 6.83. The molecule has 0 saturated heterocycles. The lowest BCUT2D eigenvalue weighted by molar-refractivity contribution is 0.0934. The van der Waals surface area contributed by atoms with Crippen LogP contribution in [0, 0.1) is 0 Å². The second-order valence-electron chi connectivity index (χ2n) is 5.16. The molecule has 4 heteroatoms. The zero-order valence-corrected chi connectivity index (χ0v) is 11.7. The summed E-state index contributed by atoms with van der Waals surface area (Å²) in [6.07, 6.45) is 2.62. The Kier molecular flexibility index (Phi) is 3.22. The van der Waals surface area contributed by atoms with Crippen LogP contribution in [-0.4, -0.2) is 19.0 Å². The highest BCUT2D eigenvalue weighted by molar-refractivity contribution is 5.92. The maximum Gasteiger partial charge on any atom is 0.287 e. The van der Waals surface area contributed by atoms with E-state index in [1.807, 2.05) is 6.07 Å². The number of hydrogen-bond acceptors (Lipinski definition) is 3. The maximum absolute atomic E-state index is 11.8. The summed E-state index contributed by atoms with van der Waals surface area (Å²) in [5, 5.41) is 2.61. The minimum atomic E-state index is -0.176. The zero-order valence-electron chi connectivity index (χ0n) is 11.7. The van der Waals surface area contributed by atoms with Crippen molar-refractivity contribution >= 4 is 11.6 Å². The van der Waals surface area contributed by atoms with Crippen molar-refractivity contribution in [3.05, 3.63) is 53.5 Å². The van der Waals surface area contributed by atoms with Crippen molar-refractivity contribution in [1.29, 1.82) is 0 Å². The molecule has 1 N–H and O–H groups in total. The molecule has 20 heavy (non-hydrogen) atoms. The van der Waals surface area contributed by atoms with Crippen molar-refractivity contribution in [2.24, 2.45) is 0 Å². The summed E-state index contributed by atoms with van der Waals surface area (Å²) >= 11 is 0. The Morgan fingerprint density at radius 1 is 1.40 bits per heavy atom. The second kappa shape index (κ2) is 5.04. The Bertz CT molecular complexity index is 633. The van der Waals surface area contributed by atoms with Gasteiger partial charge in [0.05, 0.1) is 6.26 Å². The summed E-state index contributed by atoms with van der Waals surface area (Å²) < 4.78 is 5.31. The smallest absolute Gasteiger partial charge is 0.287 e. The Labute approximate surface area is 118 Å². The Morgan fingerprint density at radius 2 is 2.20 bits per heavy atom. The lowest BCUT2D eigenvalue weighted by Crippen LogP contribution is -2.29. The summed E-state index contributed by atoms with van der Waals surface area (Å²) in [4.78, 5) is 14.1. The molecule has 1 aromatic heterocycles. The summed E-state index contributed by atoms with van der Waals surface area (Å²) in [6, 6.07) is 10.7. The van der Waals surface area contributed by atoms with Gasteiger partial charge in [-0.05, 0) is 31.0 Å². The number of para-hydroxylation sites is 1. The van der Waals surface area contributed by atoms with E-state index < -0.39 is 0 Å². The Morgan fingerprint density at radius 3 is 3.00 bits per heavy atom. The fourth-order valence-electron chi connectivity index (χ4n) is 2.83. The van der Waals surface area contributed by atoms with Crippen LogP contribution >= 0.6 is 0 Å². The second-order valence-corrected chi connectivity index (χ2v) is 5.16. The molecule has 0 aliphatic carbocycles. The van der Waals surface area contributed by atoms with E-state index in [0.717, 1.165) is 12.0 Å². The van der Waals surface area contributed by atoms with Gasteiger partial charge in [-0.3, -0.25) is 4.79 Å². The first-order chi connectivity index (χ1) is 9.70. The van der Waals surface area contributed by atoms with Crippen molar-refractivity contribution in [2.75, 3.05) is 11.9 Å². The van der Waals surface area contributed by atoms with Gasteiger partial charge in [-0.25, -0.2) is 0 Å². The molecular weight excluding hydrogens is 252 g/mol. The number of nitrogens with zero attached hydrogens (tertiary/aromatic N) is 1. The van der Waals surface area contributed by atoms with Crippen molar-refractivity contribution in [1.82, 2.24) is 5.32 Å². The van der Waals surface area contributed by atoms with E-state index in [-0.39, 0.29) is 5.91 Å². The van der Waals surface area contributed by atoms with E-state index in [1.54, 1.807) is 13.3 Å². The molecular formula is C16H18N2O2. The average Bonchev–Trinajstić information content (AvgIpc) is 3.04. The van der Waals surface area contributed by atoms with Gasteiger partial charge in [-0.1, -0.05) is 18.2 Å². The third kappa shape index (κ3) is 2.07. The van der Waals surface area contributed by atoms with Crippen molar-refractivity contribution in [3.63, 3.8) is 0 Å². The number of amides is 1. The van der Waals surface area contributed by atoms with Gasteiger partial charge < -0.3 is 14.6 Å². The molecule has 0 bridgehead atoms. The number of furan rings is 1. The predicted octanol–water partition coefficient (Wildman–Crippen LogP) is 2.59. The topological polar surface area (TPSA) is 45.5 Å². The fourth-order valence-corrected chi connectivity index (χ4v) is 2.83. The van der Waals surface area contributed by atoms with Crippen LogP contribution < -0.4 is 10.2 Å². The van der Waals surface area contributed by atoms with Gasteiger partial charge in [0.1, 0.15) is 0 Å². The number of nitrogens with one attached hydrogen (secondary N) is 1. The van der Waals surface area contributed by atoms with Crippen LogP contribution in [0.4, 0.5) is 5.69 Å². The van der Waals surface area contributed by atoms with Crippen LogP contribution in [0.1, 0.15) is 28.6 Å². The predicted molar refractivity (Wildman–Crippen MR) is 77.9 cm³/mol. The molecule has 0 radical (unpaired) electrons. The van der Waals surface area contributed by atoms with E-state index in [2.05, 4.69) is 41.4 Å². The van der Waals surface area contributed by atoms with E-state index in [1.165, 1.54) is 11.3 Å². The summed E-state index contributed by atoms with van der Waals surface area (Å²) in [5.41, 5.74) is 3.54. The largest absolute Gasteiger partial charge is 0.459 e. The number of rotatable bonds is 3. The van der Waals surface area contributed by atoms with E-state index in [0.29, 0.717) is 18.3 Å². The van der Waals surface area contributed by atoms with Crippen molar-refractivity contribution < 1.29 is 9.21 Å². The molecule has 0 spiro atoms. The molecule has 0 fully saturated rings. The van der Waals surface area contributed by atoms with Crippen LogP contribution in [0.2, 0.25) is 0 Å². The standard InChI is InChI=1S/C16H18N2O2/c1-11-9-12-5-3-4-6-14(12)18(11)10-13-7-8-20-15(13)16(19)17-2/h3-8,11H,9-10H2,1-2H3,(H,17,19). The zero-order chi connectivity index (χ0) is 14.1. The van der Waals surface area contributed by atoms with Crippen LogP contribution in [0.15, 0.2) is 41.0 Å². The van der Waals surface area contributed by atoms with E-state index in [4.69, 9.17) is 4.42 Å². The third-order valence-electron chi connectivity index (χ3n) is 3.87. The minimum absolute atomic E-state index is 0.176. The minimum Gasteiger partial charge on any atom is -0.459 e. The molecule has 4 nitrogen and oxygen atoms in total. The number of fused-ring (bicyclic) bond motifs is 1. The third-order valence-corrected chi connectivity index (χ3v) is 3.87. The molecule has 104 valence electrons. The van der Waals surface area contributed by atoms with Gasteiger partial charge in [0, 0.05) is 30.9 Å². The number of carbonyl (C=O) groups is 1. The van der Waals surface area contributed by atoms with Gasteiger partial charge in [0.25, 0.3) is 5.91 Å². The number of anilines is 1. The molecule has 3 rings (SSSR count). The van der Waals surface area contributed by atoms with Gasteiger partial charge in [-0.2, -0.15) is 0 Å². The first-order valence-corrected chi connectivity index (χ1v) is 6.83. The Balaban J connectivity index is 1.89. The molecule has 1 aliphatic rings. The van der Waals surface area contributed by atoms with Gasteiger partial charge in [0.2, 0.25) is 0 Å². The highest BCUT2D eigenvalue weighted by atomic mass is 16.3. The van der Waals surface area contributed by atoms with Gasteiger partial charge >= 0.3 is 0 Å². The molecule has 1 aromatic carbocycles. The van der Waals surface area contributed by atoms with Crippen molar-refractivity contribution in [2.45, 2.75) is 25.9 Å². The molecule has 0 saturated carbocycles. The maximum atomic E-state index is 11.8. The molecule has 1 atom stereocenters. The highest BCUT2D eigenvalue weighted by Gasteiger charge is 2.27. The Hall–Kier alpha value is -2.23. The van der Waals surface area contributed by atoms with Crippen LogP contribution in [0.25, 0.3) is 0 Å². The quantitative estimate of drug-likeness (QED) is 0.932. The average molecular weight is 270 g/mol. The van der Waals surface area contributed by atoms with Gasteiger partial charge in [-0.15, -0.1) is 0 Å². The van der Waals surface area contributed by atoms with Crippen LogP contribution in [0.5, 0.6) is 0 Å². The summed E-state index contributed by atoms with van der Waals surface area (Å²) in [7, 11) is 1.61. The molecule has 1 aliphatic heterocycles. The van der Waals surface area contributed by atoms with E-state index >= 15 is 0 Å². The lowest BCUT2D eigenvalue weighted by atomic mass is 10.1. The molecule has 2 aromatic rings. The number of benzene rings is 1. The lowest BCUT2D eigenvalue weighted by Gasteiger charge is -2.24. The molecule has 1 amide bonds. The molecule has 2 heterocycles. The number of carbonyl (C=O) groups excluding carboxylic acids is 1. The highest BCUT2D eigenvalue weighted by Crippen LogP contribution is 2.33. The monoisotopic (exact) mass is 270 g/mol. The van der Waals surface area contributed by atoms with Gasteiger partial charge in [0.15, 0.2) is 5.76 Å². The molecule has 1 unspecified atom stereocenters. The van der Waals surface area contributed by atoms with E-state index in [9.17, 15) is 4.79 Å². The SMILES string of the molecule is CNC(=O)c1occc1CN1c2ccccc2CC1C. The number of hydrogen-bond donors (Lipinski definition) is 1. The van der Waals surface area contributed by atoms with Crippen molar-refractivity contribution in [3.8, 4) is 0 Å². The van der Waals surface area contributed by atoms with Crippen LogP contribution in [0.3, 0.4) is 0 Å². The van der Waals surface area contributed by atoms with Crippen LogP contribution in [-0.2, 0) is 13.0 Å². The normalized spacial score (nSPS) is 17.1. The summed E-state index contributed by atoms with van der Waals surface area (Å²) in [5.74, 6) is 0.231.